The van der Waals surface area contributed by atoms with Crippen LogP contribution in [0.1, 0.15) is 80.1 Å². The number of carbonyl (C=O) groups is 2. The molecule has 2 saturated carbocycles. The van der Waals surface area contributed by atoms with Gasteiger partial charge in [0.15, 0.2) is 12.2 Å². The van der Waals surface area contributed by atoms with Gasteiger partial charge in [-0.2, -0.15) is 0 Å². The van der Waals surface area contributed by atoms with E-state index in [9.17, 15) is 14.7 Å². The summed E-state index contributed by atoms with van der Waals surface area (Å²) in [6.07, 6.45) is 3.13. The van der Waals surface area contributed by atoms with E-state index in [2.05, 4.69) is 27.4 Å². The topological polar surface area (TPSA) is 72.8 Å². The van der Waals surface area contributed by atoms with Crippen LogP contribution in [0.4, 0.5) is 0 Å². The first-order valence-electron chi connectivity index (χ1n) is 10.8. The third-order valence-corrected chi connectivity index (χ3v) is 7.76. The number of fused-ring (bicyclic) bond motifs is 2. The van der Waals surface area contributed by atoms with Crippen molar-refractivity contribution in [3.05, 3.63) is 23.3 Å². The fourth-order valence-electron chi connectivity index (χ4n) is 6.29. The average molecular weight is 405 g/mol. The van der Waals surface area contributed by atoms with Crippen LogP contribution in [0.25, 0.3) is 0 Å². The van der Waals surface area contributed by atoms with E-state index in [0.717, 1.165) is 36.8 Å². The summed E-state index contributed by atoms with van der Waals surface area (Å²) in [6.45, 7) is 15.4. The maximum atomic E-state index is 12.2. The zero-order valence-electron chi connectivity index (χ0n) is 18.8. The molecule has 0 aromatic rings. The Morgan fingerprint density at radius 1 is 1.10 bits per heavy atom. The van der Waals surface area contributed by atoms with Crippen molar-refractivity contribution in [2.75, 3.05) is 0 Å². The molecule has 5 atom stereocenters. The number of hydrogen-bond acceptors (Lipinski definition) is 5. The van der Waals surface area contributed by atoms with Crippen LogP contribution >= 0.6 is 0 Å². The first kappa shape index (κ1) is 22.1. The molecule has 0 aromatic heterocycles. The van der Waals surface area contributed by atoms with Crippen molar-refractivity contribution in [2.45, 2.75) is 97.9 Å². The standard InChI is InChI=1S/C24H36O5/c1-14(2)18-10-12-22(6)13-24(27)15(3)9-8-11-23(24,7)21(29-17(5)26)20(19(18)22)28-16(4)25/h14,20-21,27H,3,8-13H2,1-2,4-7H3. The molecule has 5 unspecified atom stereocenters. The monoisotopic (exact) mass is 404 g/mol. The molecule has 29 heavy (non-hydrogen) atoms. The Hall–Kier alpha value is -1.62. The molecular weight excluding hydrogens is 368 g/mol. The summed E-state index contributed by atoms with van der Waals surface area (Å²) in [5.41, 5.74) is 0.789. The van der Waals surface area contributed by atoms with Crippen LogP contribution in [0.2, 0.25) is 0 Å². The van der Waals surface area contributed by atoms with E-state index >= 15 is 0 Å². The molecule has 0 bridgehead atoms. The predicted molar refractivity (Wildman–Crippen MR) is 111 cm³/mol. The number of rotatable bonds is 3. The molecular formula is C24H36O5. The second-order valence-corrected chi connectivity index (χ2v) is 10.1. The van der Waals surface area contributed by atoms with E-state index < -0.39 is 35.2 Å². The molecule has 162 valence electrons. The van der Waals surface area contributed by atoms with Gasteiger partial charge in [0, 0.05) is 19.3 Å². The summed E-state index contributed by atoms with van der Waals surface area (Å²) in [4.78, 5) is 24.3. The Morgan fingerprint density at radius 3 is 2.28 bits per heavy atom. The minimum Gasteiger partial charge on any atom is -0.458 e. The van der Waals surface area contributed by atoms with Crippen LogP contribution in [0.5, 0.6) is 0 Å². The Labute approximate surface area is 174 Å². The van der Waals surface area contributed by atoms with Gasteiger partial charge in [-0.3, -0.25) is 9.59 Å². The second-order valence-electron chi connectivity index (χ2n) is 10.1. The molecule has 0 radical (unpaired) electrons. The van der Waals surface area contributed by atoms with Crippen molar-refractivity contribution in [2.24, 2.45) is 16.7 Å². The van der Waals surface area contributed by atoms with Crippen molar-refractivity contribution in [1.82, 2.24) is 0 Å². The van der Waals surface area contributed by atoms with Gasteiger partial charge in [0.2, 0.25) is 0 Å². The summed E-state index contributed by atoms with van der Waals surface area (Å²) >= 11 is 0. The van der Waals surface area contributed by atoms with Gasteiger partial charge in [-0.05, 0) is 61.0 Å². The van der Waals surface area contributed by atoms with Gasteiger partial charge in [0.1, 0.15) is 0 Å². The lowest BCUT2D eigenvalue weighted by Gasteiger charge is -2.53. The molecule has 3 aliphatic carbocycles. The molecule has 0 spiro atoms. The predicted octanol–water partition coefficient (Wildman–Crippen LogP) is 4.48. The maximum Gasteiger partial charge on any atom is 0.303 e. The van der Waals surface area contributed by atoms with Gasteiger partial charge >= 0.3 is 11.9 Å². The highest BCUT2D eigenvalue weighted by Gasteiger charge is 2.66. The zero-order chi connectivity index (χ0) is 21.8. The van der Waals surface area contributed by atoms with E-state index in [-0.39, 0.29) is 11.3 Å². The normalized spacial score (nSPS) is 39.7. The summed E-state index contributed by atoms with van der Waals surface area (Å²) in [6, 6.07) is 0. The van der Waals surface area contributed by atoms with Gasteiger partial charge in [-0.1, -0.05) is 39.8 Å². The smallest absolute Gasteiger partial charge is 0.303 e. The van der Waals surface area contributed by atoms with Crippen LogP contribution in [0, 0.1) is 16.7 Å². The lowest BCUT2D eigenvalue weighted by molar-refractivity contribution is -0.194. The van der Waals surface area contributed by atoms with E-state index in [0.29, 0.717) is 12.8 Å². The SMILES string of the molecule is C=C1CCCC2(C)C(OC(C)=O)C(OC(C)=O)C3=C(C(C)C)CCC3(C)CC12O. The molecule has 5 heteroatoms. The van der Waals surface area contributed by atoms with Crippen molar-refractivity contribution >= 4 is 11.9 Å². The van der Waals surface area contributed by atoms with Crippen molar-refractivity contribution in [3.63, 3.8) is 0 Å². The van der Waals surface area contributed by atoms with Crippen LogP contribution in [-0.2, 0) is 19.1 Å². The van der Waals surface area contributed by atoms with E-state index in [4.69, 9.17) is 9.47 Å². The van der Waals surface area contributed by atoms with Gasteiger partial charge in [0.25, 0.3) is 0 Å². The average Bonchev–Trinajstić information content (AvgIpc) is 2.90. The largest absolute Gasteiger partial charge is 0.458 e. The number of ether oxygens (including phenoxy) is 2. The minimum absolute atomic E-state index is 0.286. The molecule has 1 N–H and O–H groups in total. The summed E-state index contributed by atoms with van der Waals surface area (Å²) in [5.74, 6) is -0.547. The van der Waals surface area contributed by atoms with Crippen molar-refractivity contribution < 1.29 is 24.2 Å². The first-order valence-corrected chi connectivity index (χ1v) is 10.8. The molecule has 3 rings (SSSR count). The molecule has 5 nitrogen and oxygen atoms in total. The summed E-state index contributed by atoms with van der Waals surface area (Å²) < 4.78 is 11.8. The Morgan fingerprint density at radius 2 is 1.72 bits per heavy atom. The quantitative estimate of drug-likeness (QED) is 0.554. The van der Waals surface area contributed by atoms with E-state index in [1.54, 1.807) is 0 Å². The van der Waals surface area contributed by atoms with E-state index in [1.165, 1.54) is 19.4 Å². The summed E-state index contributed by atoms with van der Waals surface area (Å²) in [7, 11) is 0. The van der Waals surface area contributed by atoms with Crippen LogP contribution in [0.15, 0.2) is 23.3 Å². The van der Waals surface area contributed by atoms with Gasteiger partial charge in [0.05, 0.1) is 5.60 Å². The second kappa shape index (κ2) is 7.26. The highest BCUT2D eigenvalue weighted by Crippen LogP contribution is 2.63. The fourth-order valence-corrected chi connectivity index (χ4v) is 6.29. The minimum atomic E-state index is -1.19. The Balaban J connectivity index is 2.31. The Bertz CT molecular complexity index is 765. The Kier molecular flexibility index (Phi) is 5.53. The van der Waals surface area contributed by atoms with Gasteiger partial charge < -0.3 is 14.6 Å². The fraction of sp³-hybridized carbons (Fsp3) is 0.750. The molecule has 0 aromatic carbocycles. The molecule has 3 aliphatic rings. The molecule has 0 aliphatic heterocycles. The molecule has 0 amide bonds. The van der Waals surface area contributed by atoms with Gasteiger partial charge in [-0.15, -0.1) is 0 Å². The van der Waals surface area contributed by atoms with Crippen LogP contribution < -0.4 is 0 Å². The highest BCUT2D eigenvalue weighted by molar-refractivity contribution is 5.68. The number of allylic oxidation sites excluding steroid dienone is 1. The highest BCUT2D eigenvalue weighted by atomic mass is 16.6. The van der Waals surface area contributed by atoms with Crippen LogP contribution in [-0.4, -0.2) is 34.9 Å². The third kappa shape index (κ3) is 3.35. The van der Waals surface area contributed by atoms with Crippen LogP contribution in [0.3, 0.4) is 0 Å². The lowest BCUT2D eigenvalue weighted by Crippen LogP contribution is -2.59. The van der Waals surface area contributed by atoms with Gasteiger partial charge in [-0.25, -0.2) is 0 Å². The third-order valence-electron chi connectivity index (χ3n) is 7.76. The lowest BCUT2D eigenvalue weighted by atomic mass is 9.57. The van der Waals surface area contributed by atoms with Crippen molar-refractivity contribution in [1.29, 1.82) is 0 Å². The molecule has 0 saturated heterocycles. The van der Waals surface area contributed by atoms with Crippen molar-refractivity contribution in [3.8, 4) is 0 Å². The number of carbonyl (C=O) groups excluding carboxylic acids is 2. The molecule has 0 heterocycles. The zero-order valence-corrected chi connectivity index (χ0v) is 18.8. The number of hydrogen-bond donors (Lipinski definition) is 1. The number of aliphatic hydroxyl groups is 1. The molecule has 2 fully saturated rings. The summed E-state index contributed by atoms with van der Waals surface area (Å²) in [5, 5.41) is 12.1. The number of esters is 2. The van der Waals surface area contributed by atoms with E-state index in [1.807, 2.05) is 6.92 Å². The maximum absolute atomic E-state index is 12.2. The first-order chi connectivity index (χ1) is 13.4.